The van der Waals surface area contributed by atoms with Crippen LogP contribution in [-0.4, -0.2) is 15.9 Å². The molecule has 0 spiro atoms. The maximum Gasteiger partial charge on any atom is 0.254 e. The van der Waals surface area contributed by atoms with Crippen molar-refractivity contribution >= 4 is 5.91 Å². The van der Waals surface area contributed by atoms with Crippen molar-refractivity contribution in [3.8, 4) is 0 Å². The van der Waals surface area contributed by atoms with Gasteiger partial charge in [0.05, 0.1) is 17.8 Å². The summed E-state index contributed by atoms with van der Waals surface area (Å²) in [5.41, 5.74) is 1.33. The Morgan fingerprint density at radius 2 is 2.05 bits per heavy atom. The molecule has 0 radical (unpaired) electrons. The van der Waals surface area contributed by atoms with Crippen LogP contribution in [0.25, 0.3) is 0 Å². The van der Waals surface area contributed by atoms with E-state index in [1.54, 1.807) is 6.20 Å². The Morgan fingerprint density at radius 1 is 1.25 bits per heavy atom. The van der Waals surface area contributed by atoms with Gasteiger partial charge in [-0.3, -0.25) is 9.78 Å². The van der Waals surface area contributed by atoms with Gasteiger partial charge in [0.25, 0.3) is 5.91 Å². The summed E-state index contributed by atoms with van der Waals surface area (Å²) in [6.07, 6.45) is 3.44. The molecule has 0 fully saturated rings. The molecule has 1 amide bonds. The Kier molecular flexibility index (Phi) is 4.34. The van der Waals surface area contributed by atoms with E-state index in [1.807, 2.05) is 19.1 Å². The van der Waals surface area contributed by atoms with Crippen LogP contribution >= 0.6 is 0 Å². The van der Waals surface area contributed by atoms with Crippen molar-refractivity contribution in [2.24, 2.45) is 0 Å². The molecule has 0 atom stereocenters. The number of aryl methyl sites for hydroxylation is 1. The Balaban J connectivity index is 2.11. The molecule has 0 aliphatic carbocycles. The van der Waals surface area contributed by atoms with Crippen LogP contribution in [0.5, 0.6) is 0 Å². The predicted molar refractivity (Wildman–Crippen MR) is 68.9 cm³/mol. The molecule has 0 bridgehead atoms. The highest BCUT2D eigenvalue weighted by Crippen LogP contribution is 2.10. The molecule has 4 nitrogen and oxygen atoms in total. The minimum atomic E-state index is -1.29. The molecule has 6 heteroatoms. The summed E-state index contributed by atoms with van der Waals surface area (Å²) < 4.78 is 26.4. The standard InChI is InChI=1S/C14H13F2N3O/c1-2-9-4-3-6-17-11(9)8-19-14(20)10-5-7-18-13(16)12(10)15/h3-7H,2,8H2,1H3,(H,19,20). The Bertz CT molecular complexity index is 632. The van der Waals surface area contributed by atoms with Gasteiger partial charge in [-0.1, -0.05) is 13.0 Å². The first-order valence-corrected chi connectivity index (χ1v) is 6.14. The van der Waals surface area contributed by atoms with E-state index >= 15 is 0 Å². The van der Waals surface area contributed by atoms with Gasteiger partial charge in [0, 0.05) is 12.4 Å². The smallest absolute Gasteiger partial charge is 0.254 e. The number of aromatic nitrogens is 2. The highest BCUT2D eigenvalue weighted by molar-refractivity contribution is 5.94. The van der Waals surface area contributed by atoms with Gasteiger partial charge in [-0.15, -0.1) is 0 Å². The number of carbonyl (C=O) groups is 1. The molecule has 0 saturated carbocycles. The van der Waals surface area contributed by atoms with Crippen molar-refractivity contribution in [3.05, 3.63) is 59.2 Å². The minimum Gasteiger partial charge on any atom is -0.346 e. The van der Waals surface area contributed by atoms with Crippen LogP contribution in [-0.2, 0) is 13.0 Å². The first-order valence-electron chi connectivity index (χ1n) is 6.14. The SMILES string of the molecule is CCc1cccnc1CNC(=O)c1ccnc(F)c1F. The van der Waals surface area contributed by atoms with E-state index < -0.39 is 17.7 Å². The zero-order valence-electron chi connectivity index (χ0n) is 10.9. The Labute approximate surface area is 114 Å². The summed E-state index contributed by atoms with van der Waals surface area (Å²) in [4.78, 5) is 19.1. The Morgan fingerprint density at radius 3 is 2.80 bits per heavy atom. The first-order chi connectivity index (χ1) is 9.63. The number of halogens is 2. The van der Waals surface area contributed by atoms with Crippen LogP contribution in [0, 0.1) is 11.8 Å². The number of hydrogen-bond acceptors (Lipinski definition) is 3. The molecule has 1 N–H and O–H groups in total. The van der Waals surface area contributed by atoms with Crippen molar-refractivity contribution in [2.75, 3.05) is 0 Å². The number of nitrogens with one attached hydrogen (secondary N) is 1. The van der Waals surface area contributed by atoms with Gasteiger partial charge in [-0.05, 0) is 24.1 Å². The number of nitrogens with zero attached hydrogens (tertiary/aromatic N) is 2. The second-order valence-electron chi connectivity index (χ2n) is 4.11. The topological polar surface area (TPSA) is 54.9 Å². The average Bonchev–Trinajstić information content (AvgIpc) is 2.48. The van der Waals surface area contributed by atoms with Gasteiger partial charge in [0.15, 0.2) is 5.82 Å². The second-order valence-corrected chi connectivity index (χ2v) is 4.11. The summed E-state index contributed by atoms with van der Waals surface area (Å²) in [5.74, 6) is -3.23. The highest BCUT2D eigenvalue weighted by atomic mass is 19.2. The van der Waals surface area contributed by atoms with Gasteiger partial charge in [-0.25, -0.2) is 9.37 Å². The van der Waals surface area contributed by atoms with Crippen LogP contribution in [0.15, 0.2) is 30.6 Å². The van der Waals surface area contributed by atoms with Crippen LogP contribution in [0.1, 0.15) is 28.5 Å². The van der Waals surface area contributed by atoms with E-state index in [1.165, 1.54) is 0 Å². The number of carbonyl (C=O) groups excluding carboxylic acids is 1. The summed E-state index contributed by atoms with van der Waals surface area (Å²) >= 11 is 0. The molecule has 0 aliphatic heterocycles. The number of rotatable bonds is 4. The summed E-state index contributed by atoms with van der Waals surface area (Å²) in [6.45, 7) is 2.13. The van der Waals surface area contributed by atoms with E-state index in [0.29, 0.717) is 5.69 Å². The summed E-state index contributed by atoms with van der Waals surface area (Å²) in [7, 11) is 0. The zero-order chi connectivity index (χ0) is 14.5. The molecule has 104 valence electrons. The van der Waals surface area contributed by atoms with Gasteiger partial charge in [0.1, 0.15) is 0 Å². The molecule has 2 aromatic rings. The fourth-order valence-corrected chi connectivity index (χ4v) is 1.81. The fraction of sp³-hybridized carbons (Fsp3) is 0.214. The highest BCUT2D eigenvalue weighted by Gasteiger charge is 2.16. The lowest BCUT2D eigenvalue weighted by molar-refractivity contribution is 0.0945. The third-order valence-corrected chi connectivity index (χ3v) is 2.87. The van der Waals surface area contributed by atoms with E-state index in [2.05, 4.69) is 15.3 Å². The monoisotopic (exact) mass is 277 g/mol. The van der Waals surface area contributed by atoms with Crippen molar-refractivity contribution in [1.29, 1.82) is 0 Å². The van der Waals surface area contributed by atoms with Crippen molar-refractivity contribution in [1.82, 2.24) is 15.3 Å². The van der Waals surface area contributed by atoms with Crippen LogP contribution in [0.3, 0.4) is 0 Å². The minimum absolute atomic E-state index is 0.159. The predicted octanol–water partition coefficient (Wildman–Crippen LogP) is 2.25. The van der Waals surface area contributed by atoms with E-state index in [-0.39, 0.29) is 12.1 Å². The molecule has 0 aliphatic rings. The molecular formula is C14H13F2N3O. The molecular weight excluding hydrogens is 264 g/mol. The fourth-order valence-electron chi connectivity index (χ4n) is 1.81. The van der Waals surface area contributed by atoms with Crippen molar-refractivity contribution in [2.45, 2.75) is 19.9 Å². The van der Waals surface area contributed by atoms with Crippen LogP contribution in [0.4, 0.5) is 8.78 Å². The van der Waals surface area contributed by atoms with Gasteiger partial charge in [0.2, 0.25) is 5.95 Å². The van der Waals surface area contributed by atoms with Gasteiger partial charge < -0.3 is 5.32 Å². The summed E-state index contributed by atoms with van der Waals surface area (Å²) in [5, 5.41) is 2.52. The third-order valence-electron chi connectivity index (χ3n) is 2.87. The van der Waals surface area contributed by atoms with Crippen molar-refractivity contribution < 1.29 is 13.6 Å². The molecule has 0 unspecified atom stereocenters. The quantitative estimate of drug-likeness (QED) is 0.872. The van der Waals surface area contributed by atoms with E-state index in [0.717, 1.165) is 24.2 Å². The molecule has 2 heterocycles. The molecule has 2 rings (SSSR count). The molecule has 0 saturated heterocycles. The van der Waals surface area contributed by atoms with Gasteiger partial charge in [-0.2, -0.15) is 4.39 Å². The maximum absolute atomic E-state index is 13.4. The lowest BCUT2D eigenvalue weighted by Crippen LogP contribution is -2.25. The average molecular weight is 277 g/mol. The Hall–Kier alpha value is -2.37. The van der Waals surface area contributed by atoms with E-state index in [4.69, 9.17) is 0 Å². The van der Waals surface area contributed by atoms with Crippen LogP contribution < -0.4 is 5.32 Å². The van der Waals surface area contributed by atoms with Crippen molar-refractivity contribution in [3.63, 3.8) is 0 Å². The van der Waals surface area contributed by atoms with E-state index in [9.17, 15) is 13.6 Å². The molecule has 20 heavy (non-hydrogen) atoms. The lowest BCUT2D eigenvalue weighted by atomic mass is 10.1. The number of amides is 1. The van der Waals surface area contributed by atoms with Gasteiger partial charge >= 0.3 is 0 Å². The summed E-state index contributed by atoms with van der Waals surface area (Å²) in [6, 6.07) is 4.84. The second kappa shape index (κ2) is 6.18. The number of hydrogen-bond donors (Lipinski definition) is 1. The first kappa shape index (κ1) is 14.0. The normalized spacial score (nSPS) is 10.3. The molecule has 0 aromatic carbocycles. The largest absolute Gasteiger partial charge is 0.346 e. The molecule has 2 aromatic heterocycles. The maximum atomic E-state index is 13.4. The zero-order valence-corrected chi connectivity index (χ0v) is 10.9. The van der Waals surface area contributed by atoms with Crippen LogP contribution in [0.2, 0.25) is 0 Å². The lowest BCUT2D eigenvalue weighted by Gasteiger charge is -2.08. The third kappa shape index (κ3) is 2.96. The number of pyridine rings is 2.